The summed E-state index contributed by atoms with van der Waals surface area (Å²) in [7, 11) is 0. The van der Waals surface area contributed by atoms with E-state index in [2.05, 4.69) is 10.6 Å². The molecule has 0 aliphatic heterocycles. The Kier molecular flexibility index (Phi) is 5.94. The maximum atomic E-state index is 12.4. The molecule has 2 amide bonds. The van der Waals surface area contributed by atoms with Gasteiger partial charge in [0, 0.05) is 36.9 Å². The first-order valence-electron chi connectivity index (χ1n) is 7.56. The average molecular weight is 370 g/mol. The molecule has 0 bridgehead atoms. The summed E-state index contributed by atoms with van der Waals surface area (Å²) >= 11 is 0. The van der Waals surface area contributed by atoms with Gasteiger partial charge in [0.25, 0.3) is 17.3 Å². The highest BCUT2D eigenvalue weighted by Gasteiger charge is 2.13. The molecule has 138 valence electrons. The lowest BCUT2D eigenvalue weighted by molar-refractivity contribution is -0.385. The van der Waals surface area contributed by atoms with E-state index < -0.39 is 21.7 Å². The Morgan fingerprint density at radius 3 is 1.81 bits per heavy atom. The van der Waals surface area contributed by atoms with Crippen molar-refractivity contribution in [3.63, 3.8) is 0 Å². The van der Waals surface area contributed by atoms with Gasteiger partial charge in [-0.3, -0.25) is 29.8 Å². The molecule has 0 saturated heterocycles. The number of nitro groups is 2. The zero-order valence-electron chi connectivity index (χ0n) is 14.0. The highest BCUT2D eigenvalue weighted by Crippen LogP contribution is 2.17. The first-order chi connectivity index (χ1) is 12.8. The minimum absolute atomic E-state index is 0.0882. The van der Waals surface area contributed by atoms with E-state index in [1.807, 2.05) is 0 Å². The second-order valence-electron chi connectivity index (χ2n) is 5.35. The van der Waals surface area contributed by atoms with Crippen molar-refractivity contribution in [3.8, 4) is 0 Å². The first-order valence-corrected chi connectivity index (χ1v) is 7.56. The van der Waals surface area contributed by atoms with Crippen LogP contribution in [0.4, 0.5) is 17.1 Å². The molecule has 10 nitrogen and oxygen atoms in total. The average Bonchev–Trinajstić information content (AvgIpc) is 2.61. The fourth-order valence-corrected chi connectivity index (χ4v) is 2.07. The molecule has 0 aliphatic carbocycles. The molecule has 0 fully saturated rings. The predicted octanol–water partition coefficient (Wildman–Crippen LogP) is 2.62. The van der Waals surface area contributed by atoms with Crippen LogP contribution in [0.3, 0.4) is 0 Å². The Balaban J connectivity index is 2.23. The van der Waals surface area contributed by atoms with Crippen LogP contribution in [-0.2, 0) is 9.59 Å². The number of nitrogens with one attached hydrogen (secondary N) is 2. The third kappa shape index (κ3) is 5.46. The number of benzene rings is 2. The zero-order chi connectivity index (χ0) is 20.0. The van der Waals surface area contributed by atoms with Gasteiger partial charge in [-0.2, -0.15) is 0 Å². The van der Waals surface area contributed by atoms with Gasteiger partial charge in [0.2, 0.25) is 5.91 Å². The van der Waals surface area contributed by atoms with Crippen LogP contribution in [0.25, 0.3) is 6.08 Å². The van der Waals surface area contributed by atoms with Gasteiger partial charge in [-0.05, 0) is 35.9 Å². The molecule has 2 rings (SSSR count). The van der Waals surface area contributed by atoms with Crippen molar-refractivity contribution in [2.75, 3.05) is 5.32 Å². The number of amides is 2. The third-order valence-electron chi connectivity index (χ3n) is 3.31. The molecular weight excluding hydrogens is 356 g/mol. The molecular formula is C17H14N4O6. The maximum absolute atomic E-state index is 12.4. The van der Waals surface area contributed by atoms with Crippen molar-refractivity contribution in [3.05, 3.63) is 80.0 Å². The van der Waals surface area contributed by atoms with Crippen LogP contribution in [-0.4, -0.2) is 21.7 Å². The van der Waals surface area contributed by atoms with Crippen molar-refractivity contribution in [2.45, 2.75) is 6.92 Å². The second kappa shape index (κ2) is 8.34. The summed E-state index contributed by atoms with van der Waals surface area (Å²) in [6.07, 6.45) is 1.35. The molecule has 27 heavy (non-hydrogen) atoms. The summed E-state index contributed by atoms with van der Waals surface area (Å²) in [6, 6.07) is 10.6. The number of carbonyl (C=O) groups excluding carboxylic acids is 2. The zero-order valence-corrected chi connectivity index (χ0v) is 14.0. The molecule has 0 heterocycles. The molecule has 2 aromatic rings. The molecule has 0 radical (unpaired) electrons. The second-order valence-corrected chi connectivity index (χ2v) is 5.35. The lowest BCUT2D eigenvalue weighted by Gasteiger charge is -2.09. The van der Waals surface area contributed by atoms with E-state index in [0.29, 0.717) is 11.3 Å². The number of non-ortho nitro benzene ring substituents is 2. The van der Waals surface area contributed by atoms with Gasteiger partial charge in [-0.25, -0.2) is 0 Å². The van der Waals surface area contributed by atoms with E-state index in [4.69, 9.17) is 0 Å². The van der Waals surface area contributed by atoms with Gasteiger partial charge in [0.05, 0.1) is 9.85 Å². The molecule has 2 N–H and O–H groups in total. The van der Waals surface area contributed by atoms with Crippen molar-refractivity contribution in [1.82, 2.24) is 5.32 Å². The Bertz CT molecular complexity index is 919. The van der Waals surface area contributed by atoms with Gasteiger partial charge in [-0.1, -0.05) is 0 Å². The third-order valence-corrected chi connectivity index (χ3v) is 3.31. The first kappa shape index (κ1) is 19.2. The largest absolute Gasteiger partial charge is 0.322 e. The van der Waals surface area contributed by atoms with Crippen LogP contribution in [0.1, 0.15) is 12.5 Å². The van der Waals surface area contributed by atoms with Crippen LogP contribution in [0.15, 0.2) is 54.2 Å². The number of rotatable bonds is 6. The van der Waals surface area contributed by atoms with Crippen molar-refractivity contribution < 1.29 is 19.4 Å². The van der Waals surface area contributed by atoms with Crippen LogP contribution in [0, 0.1) is 20.2 Å². The minimum atomic E-state index is -0.655. The smallest absolute Gasteiger partial charge is 0.272 e. The topological polar surface area (TPSA) is 144 Å². The molecule has 10 heteroatoms. The maximum Gasteiger partial charge on any atom is 0.272 e. The Morgan fingerprint density at radius 2 is 1.37 bits per heavy atom. The predicted molar refractivity (Wildman–Crippen MR) is 96.6 cm³/mol. The highest BCUT2D eigenvalue weighted by atomic mass is 16.6. The van der Waals surface area contributed by atoms with Crippen molar-refractivity contribution >= 4 is 35.0 Å². The van der Waals surface area contributed by atoms with Crippen LogP contribution in [0.2, 0.25) is 0 Å². The highest BCUT2D eigenvalue weighted by molar-refractivity contribution is 6.08. The molecule has 0 saturated carbocycles. The van der Waals surface area contributed by atoms with Gasteiger partial charge < -0.3 is 10.6 Å². The number of anilines is 1. The van der Waals surface area contributed by atoms with Crippen LogP contribution in [0.5, 0.6) is 0 Å². The summed E-state index contributed by atoms with van der Waals surface area (Å²) in [5, 5.41) is 26.2. The number of hydrogen-bond donors (Lipinski definition) is 2. The van der Waals surface area contributed by atoms with E-state index in [0.717, 1.165) is 0 Å². The van der Waals surface area contributed by atoms with Crippen molar-refractivity contribution in [2.24, 2.45) is 0 Å². The Morgan fingerprint density at radius 1 is 0.889 bits per heavy atom. The number of hydrogen-bond acceptors (Lipinski definition) is 6. The minimum Gasteiger partial charge on any atom is -0.322 e. The lowest BCUT2D eigenvalue weighted by Crippen LogP contribution is -2.28. The van der Waals surface area contributed by atoms with E-state index >= 15 is 0 Å². The molecule has 0 unspecified atom stereocenters. The summed E-state index contributed by atoms with van der Waals surface area (Å²) in [6.45, 7) is 1.23. The summed E-state index contributed by atoms with van der Waals surface area (Å²) in [4.78, 5) is 44.0. The van der Waals surface area contributed by atoms with Gasteiger partial charge >= 0.3 is 0 Å². The van der Waals surface area contributed by atoms with Gasteiger partial charge in [0.15, 0.2) is 0 Å². The van der Waals surface area contributed by atoms with E-state index in [-0.39, 0.29) is 17.1 Å². The number of nitrogens with zero attached hydrogens (tertiary/aromatic N) is 2. The van der Waals surface area contributed by atoms with E-state index in [9.17, 15) is 29.8 Å². The van der Waals surface area contributed by atoms with Gasteiger partial charge in [0.1, 0.15) is 5.70 Å². The SMILES string of the molecule is CC(=O)N/C(=C/c1ccc([N+](=O)[O-])cc1)C(=O)Nc1ccc([N+](=O)[O-])cc1. The Labute approximate surface area is 152 Å². The fraction of sp³-hybridized carbons (Fsp3) is 0.0588. The molecule has 0 atom stereocenters. The lowest BCUT2D eigenvalue weighted by atomic mass is 10.1. The summed E-state index contributed by atoms with van der Waals surface area (Å²) < 4.78 is 0. The number of nitro benzene ring substituents is 2. The molecule has 0 aromatic heterocycles. The fourth-order valence-electron chi connectivity index (χ4n) is 2.07. The van der Waals surface area contributed by atoms with E-state index in [1.165, 1.54) is 61.5 Å². The normalized spacial score (nSPS) is 10.8. The van der Waals surface area contributed by atoms with Crippen LogP contribution >= 0.6 is 0 Å². The van der Waals surface area contributed by atoms with Gasteiger partial charge in [-0.15, -0.1) is 0 Å². The molecule has 0 spiro atoms. The summed E-state index contributed by atoms with van der Waals surface area (Å²) in [5.74, 6) is -1.14. The van der Waals surface area contributed by atoms with E-state index in [1.54, 1.807) is 0 Å². The quantitative estimate of drug-likeness (QED) is 0.454. The molecule has 0 aliphatic rings. The number of carbonyl (C=O) groups is 2. The monoisotopic (exact) mass is 370 g/mol. The standard InChI is InChI=1S/C17H14N4O6/c1-11(22)18-16(10-12-2-6-14(7-3-12)20(24)25)17(23)19-13-4-8-15(9-5-13)21(26)27/h2-10H,1H3,(H,18,22)(H,19,23)/b16-10+. The van der Waals surface area contributed by atoms with Crippen LogP contribution < -0.4 is 10.6 Å². The molecule has 2 aromatic carbocycles. The Hall–Kier alpha value is -4.08. The summed E-state index contributed by atoms with van der Waals surface area (Å²) in [5.41, 5.74) is 0.434. The van der Waals surface area contributed by atoms with Crippen molar-refractivity contribution in [1.29, 1.82) is 0 Å².